The Labute approximate surface area is 135 Å². The van der Waals surface area contributed by atoms with Crippen LogP contribution in [0.1, 0.15) is 41.0 Å². The lowest BCUT2D eigenvalue weighted by Crippen LogP contribution is -2.33. The first-order chi connectivity index (χ1) is 9.87. The molecule has 0 saturated heterocycles. The molecule has 1 amide bonds. The van der Waals surface area contributed by atoms with E-state index in [9.17, 15) is 4.79 Å². The molecule has 2 N–H and O–H groups in total. The van der Waals surface area contributed by atoms with Crippen molar-refractivity contribution in [1.82, 2.24) is 15.3 Å². The fraction of sp³-hybridized carbons (Fsp3) is 0.643. The van der Waals surface area contributed by atoms with Gasteiger partial charge in [0.1, 0.15) is 5.60 Å². The Kier molecular flexibility index (Phi) is 9.69. The number of amides is 1. The molecule has 0 aliphatic rings. The van der Waals surface area contributed by atoms with Crippen LogP contribution in [-0.2, 0) is 4.74 Å². The van der Waals surface area contributed by atoms with Gasteiger partial charge in [0, 0.05) is 25.5 Å². The summed E-state index contributed by atoms with van der Waals surface area (Å²) in [6, 6.07) is 0. The third kappa shape index (κ3) is 11.0. The largest absolute Gasteiger partial charge is 0.444 e. The smallest absolute Gasteiger partial charge is 0.407 e. The highest BCUT2D eigenvalue weighted by Gasteiger charge is 2.15. The number of ether oxygens (including phenoxy) is 1. The molecule has 1 aromatic rings. The van der Waals surface area contributed by atoms with Gasteiger partial charge in [0.15, 0.2) is 0 Å². The standard InChI is InChI=1S/C12H19BrN4O2.C2H6/c1-12(2,3)19-11(18)15-6-4-5-14-10-16-7-9(13)8-17-10;1-2/h7-8H,4-6H2,1-3H3,(H,15,18)(H,14,16,17);1-2H3. The number of hydrogen-bond donors (Lipinski definition) is 2. The van der Waals surface area contributed by atoms with Gasteiger partial charge in [0.2, 0.25) is 5.95 Å². The van der Waals surface area contributed by atoms with Crippen molar-refractivity contribution in [2.24, 2.45) is 0 Å². The Morgan fingerprint density at radius 3 is 2.33 bits per heavy atom. The van der Waals surface area contributed by atoms with Crippen LogP contribution in [0.2, 0.25) is 0 Å². The molecule has 1 rings (SSSR count). The van der Waals surface area contributed by atoms with Crippen LogP contribution in [-0.4, -0.2) is 34.8 Å². The van der Waals surface area contributed by atoms with E-state index in [0.29, 0.717) is 19.0 Å². The van der Waals surface area contributed by atoms with Gasteiger partial charge in [-0.25, -0.2) is 14.8 Å². The van der Waals surface area contributed by atoms with Gasteiger partial charge in [-0.1, -0.05) is 13.8 Å². The van der Waals surface area contributed by atoms with Crippen LogP contribution in [0.15, 0.2) is 16.9 Å². The summed E-state index contributed by atoms with van der Waals surface area (Å²) < 4.78 is 5.95. The highest BCUT2D eigenvalue weighted by Crippen LogP contribution is 2.07. The van der Waals surface area contributed by atoms with Crippen LogP contribution in [0.25, 0.3) is 0 Å². The third-order valence-corrected chi connectivity index (χ3v) is 2.33. The number of rotatable bonds is 5. The lowest BCUT2D eigenvalue weighted by molar-refractivity contribution is 0.0528. The summed E-state index contributed by atoms with van der Waals surface area (Å²) in [5.74, 6) is 0.570. The summed E-state index contributed by atoms with van der Waals surface area (Å²) in [7, 11) is 0. The van der Waals surface area contributed by atoms with Gasteiger partial charge >= 0.3 is 6.09 Å². The molecule has 120 valence electrons. The minimum absolute atomic E-state index is 0.396. The number of carbonyl (C=O) groups excluding carboxylic acids is 1. The maximum absolute atomic E-state index is 11.3. The molecular formula is C14H25BrN4O2. The molecule has 0 spiro atoms. The van der Waals surface area contributed by atoms with Crippen LogP contribution in [0.5, 0.6) is 0 Å². The molecular weight excluding hydrogens is 336 g/mol. The predicted molar refractivity (Wildman–Crippen MR) is 88.4 cm³/mol. The lowest BCUT2D eigenvalue weighted by Gasteiger charge is -2.19. The van der Waals surface area contributed by atoms with E-state index in [2.05, 4.69) is 36.5 Å². The molecule has 1 heterocycles. The molecule has 0 bridgehead atoms. The molecule has 0 aliphatic heterocycles. The van der Waals surface area contributed by atoms with Crippen LogP contribution in [0.4, 0.5) is 10.7 Å². The van der Waals surface area contributed by atoms with Crippen molar-refractivity contribution < 1.29 is 9.53 Å². The fourth-order valence-corrected chi connectivity index (χ4v) is 1.40. The van der Waals surface area contributed by atoms with Crippen LogP contribution in [0.3, 0.4) is 0 Å². The van der Waals surface area contributed by atoms with E-state index >= 15 is 0 Å². The van der Waals surface area contributed by atoms with E-state index < -0.39 is 11.7 Å². The van der Waals surface area contributed by atoms with E-state index in [1.165, 1.54) is 0 Å². The van der Waals surface area contributed by atoms with Crippen molar-refractivity contribution >= 4 is 28.0 Å². The first-order valence-corrected chi connectivity index (χ1v) is 7.84. The van der Waals surface area contributed by atoms with Crippen molar-refractivity contribution in [2.75, 3.05) is 18.4 Å². The third-order valence-electron chi connectivity index (χ3n) is 1.93. The Bertz CT molecular complexity index is 404. The number of anilines is 1. The van der Waals surface area contributed by atoms with Crippen molar-refractivity contribution in [3.8, 4) is 0 Å². The quantitative estimate of drug-likeness (QED) is 0.784. The summed E-state index contributed by atoms with van der Waals surface area (Å²) in [5.41, 5.74) is -0.465. The Balaban J connectivity index is 0.00000191. The van der Waals surface area contributed by atoms with E-state index in [1.54, 1.807) is 12.4 Å². The Hall–Kier alpha value is -1.37. The number of nitrogens with zero attached hydrogens (tertiary/aromatic N) is 2. The highest BCUT2D eigenvalue weighted by molar-refractivity contribution is 9.10. The van der Waals surface area contributed by atoms with E-state index in [1.807, 2.05) is 34.6 Å². The molecule has 21 heavy (non-hydrogen) atoms. The summed E-state index contributed by atoms with van der Waals surface area (Å²) in [5, 5.41) is 5.74. The summed E-state index contributed by atoms with van der Waals surface area (Å²) in [4.78, 5) is 19.5. The maximum Gasteiger partial charge on any atom is 0.407 e. The van der Waals surface area contributed by atoms with Gasteiger partial charge in [-0.05, 0) is 43.1 Å². The zero-order valence-corrected chi connectivity index (χ0v) is 15.0. The SMILES string of the molecule is CC.CC(C)(C)OC(=O)NCCCNc1ncc(Br)cn1. The Morgan fingerprint density at radius 1 is 1.24 bits per heavy atom. The monoisotopic (exact) mass is 360 g/mol. The number of halogens is 1. The normalized spacial score (nSPS) is 10.2. The minimum Gasteiger partial charge on any atom is -0.444 e. The average molecular weight is 361 g/mol. The summed E-state index contributed by atoms with van der Waals surface area (Å²) >= 11 is 3.26. The van der Waals surface area contributed by atoms with Gasteiger partial charge in [-0.15, -0.1) is 0 Å². The molecule has 0 saturated carbocycles. The van der Waals surface area contributed by atoms with E-state index in [4.69, 9.17) is 4.74 Å². The molecule has 7 heteroatoms. The molecule has 0 aliphatic carbocycles. The fourth-order valence-electron chi connectivity index (χ4n) is 1.20. The second kappa shape index (κ2) is 10.4. The van der Waals surface area contributed by atoms with E-state index in [-0.39, 0.29) is 0 Å². The number of nitrogens with one attached hydrogen (secondary N) is 2. The zero-order chi connectivity index (χ0) is 16.3. The number of alkyl carbamates (subject to hydrolysis) is 1. The van der Waals surface area contributed by atoms with Crippen molar-refractivity contribution in [2.45, 2.75) is 46.6 Å². The summed E-state index contributed by atoms with van der Waals surface area (Å²) in [6.07, 6.45) is 3.72. The van der Waals surface area contributed by atoms with Gasteiger partial charge in [0.25, 0.3) is 0 Å². The van der Waals surface area contributed by atoms with Gasteiger partial charge in [-0.3, -0.25) is 0 Å². The van der Waals surface area contributed by atoms with Crippen molar-refractivity contribution in [1.29, 1.82) is 0 Å². The van der Waals surface area contributed by atoms with Crippen LogP contribution < -0.4 is 10.6 Å². The van der Waals surface area contributed by atoms with Gasteiger partial charge in [-0.2, -0.15) is 0 Å². The minimum atomic E-state index is -0.465. The van der Waals surface area contributed by atoms with Crippen LogP contribution in [0, 0.1) is 0 Å². The van der Waals surface area contributed by atoms with E-state index in [0.717, 1.165) is 10.9 Å². The average Bonchev–Trinajstić information content (AvgIpc) is 2.41. The number of aromatic nitrogens is 2. The molecule has 0 atom stereocenters. The lowest BCUT2D eigenvalue weighted by atomic mass is 10.2. The number of hydrogen-bond acceptors (Lipinski definition) is 5. The Morgan fingerprint density at radius 2 is 1.81 bits per heavy atom. The summed E-state index contributed by atoms with van der Waals surface area (Å²) in [6.45, 7) is 10.7. The zero-order valence-electron chi connectivity index (χ0n) is 13.4. The second-order valence-electron chi connectivity index (χ2n) is 4.93. The first kappa shape index (κ1) is 19.6. The van der Waals surface area contributed by atoms with Gasteiger partial charge < -0.3 is 15.4 Å². The molecule has 6 nitrogen and oxygen atoms in total. The number of carbonyl (C=O) groups is 1. The van der Waals surface area contributed by atoms with Gasteiger partial charge in [0.05, 0.1) is 4.47 Å². The molecule has 0 fully saturated rings. The molecule has 0 unspecified atom stereocenters. The highest BCUT2D eigenvalue weighted by atomic mass is 79.9. The predicted octanol–water partition coefficient (Wildman–Crippen LogP) is 3.59. The van der Waals surface area contributed by atoms with Crippen molar-refractivity contribution in [3.63, 3.8) is 0 Å². The maximum atomic E-state index is 11.3. The first-order valence-electron chi connectivity index (χ1n) is 7.05. The van der Waals surface area contributed by atoms with Crippen LogP contribution >= 0.6 is 15.9 Å². The molecule has 1 aromatic heterocycles. The second-order valence-corrected chi connectivity index (χ2v) is 5.85. The molecule has 0 radical (unpaired) electrons. The van der Waals surface area contributed by atoms with Crippen molar-refractivity contribution in [3.05, 3.63) is 16.9 Å². The molecule has 0 aromatic carbocycles. The topological polar surface area (TPSA) is 76.1 Å².